The summed E-state index contributed by atoms with van der Waals surface area (Å²) in [5.74, 6) is -0.982. The number of carbonyl (C=O) groups is 1. The molecule has 102 valence electrons. The predicted octanol–water partition coefficient (Wildman–Crippen LogP) is 3.53. The van der Waals surface area contributed by atoms with Crippen molar-refractivity contribution in [3.05, 3.63) is 53.0 Å². The van der Waals surface area contributed by atoms with Crippen LogP contribution in [0.5, 0.6) is 0 Å². The molecule has 0 fully saturated rings. The van der Waals surface area contributed by atoms with E-state index in [1.54, 1.807) is 0 Å². The third-order valence-corrected chi connectivity index (χ3v) is 4.53. The van der Waals surface area contributed by atoms with E-state index in [1.807, 2.05) is 22.2 Å². The molecular formula is C13H9FN2O2S2. The molecule has 1 aromatic carbocycles. The highest BCUT2D eigenvalue weighted by atomic mass is 32.2. The monoisotopic (exact) mass is 308 g/mol. The third kappa shape index (κ3) is 2.54. The molecule has 4 nitrogen and oxygen atoms in total. The zero-order valence-electron chi connectivity index (χ0n) is 10.1. The van der Waals surface area contributed by atoms with Crippen molar-refractivity contribution in [2.24, 2.45) is 0 Å². The van der Waals surface area contributed by atoms with E-state index in [9.17, 15) is 9.18 Å². The summed E-state index contributed by atoms with van der Waals surface area (Å²) >= 11 is 2.77. The average molecular weight is 308 g/mol. The standard InChI is InChI=1S/C13H9FN2O2S2/c14-10-2-1-8(12(17)18)5-11(10)20-7-9-6-16-3-4-19-13(16)15-9/h1-6H,7H2,(H,17,18). The summed E-state index contributed by atoms with van der Waals surface area (Å²) in [6.45, 7) is 0. The number of thioether (sulfide) groups is 1. The van der Waals surface area contributed by atoms with E-state index in [4.69, 9.17) is 5.11 Å². The van der Waals surface area contributed by atoms with Crippen molar-refractivity contribution in [3.8, 4) is 0 Å². The number of hydrogen-bond acceptors (Lipinski definition) is 4. The molecule has 7 heteroatoms. The maximum atomic E-state index is 13.6. The van der Waals surface area contributed by atoms with Crippen molar-refractivity contribution < 1.29 is 14.3 Å². The molecule has 0 spiro atoms. The van der Waals surface area contributed by atoms with E-state index < -0.39 is 11.8 Å². The highest BCUT2D eigenvalue weighted by Crippen LogP contribution is 2.27. The van der Waals surface area contributed by atoms with Crippen LogP contribution in [0.4, 0.5) is 4.39 Å². The number of halogens is 1. The van der Waals surface area contributed by atoms with Crippen LogP contribution in [0.25, 0.3) is 4.96 Å². The second kappa shape index (κ2) is 5.26. The number of imidazole rings is 1. The topological polar surface area (TPSA) is 54.6 Å². The summed E-state index contributed by atoms with van der Waals surface area (Å²) in [4.78, 5) is 16.5. The molecule has 0 saturated heterocycles. The van der Waals surface area contributed by atoms with Crippen LogP contribution in [-0.2, 0) is 5.75 Å². The number of rotatable bonds is 4. The molecule has 20 heavy (non-hydrogen) atoms. The van der Waals surface area contributed by atoms with Gasteiger partial charge < -0.3 is 5.11 Å². The molecule has 0 aliphatic rings. The van der Waals surface area contributed by atoms with Crippen molar-refractivity contribution in [2.75, 3.05) is 0 Å². The number of carboxylic acid groups (broad SMARTS) is 1. The minimum absolute atomic E-state index is 0.0831. The largest absolute Gasteiger partial charge is 0.478 e. The van der Waals surface area contributed by atoms with Crippen LogP contribution in [-0.4, -0.2) is 20.5 Å². The van der Waals surface area contributed by atoms with Gasteiger partial charge in [-0.2, -0.15) is 0 Å². The smallest absolute Gasteiger partial charge is 0.335 e. The third-order valence-electron chi connectivity index (χ3n) is 2.70. The van der Waals surface area contributed by atoms with Crippen LogP contribution in [0, 0.1) is 5.82 Å². The zero-order valence-corrected chi connectivity index (χ0v) is 11.7. The summed E-state index contributed by atoms with van der Waals surface area (Å²) in [6.07, 6.45) is 3.80. The van der Waals surface area contributed by atoms with Crippen LogP contribution >= 0.6 is 23.1 Å². The lowest BCUT2D eigenvalue weighted by atomic mass is 10.2. The SMILES string of the molecule is O=C(O)c1ccc(F)c(SCc2cn3ccsc3n2)c1. The van der Waals surface area contributed by atoms with Gasteiger partial charge in [-0.05, 0) is 18.2 Å². The molecule has 2 heterocycles. The Morgan fingerprint density at radius 3 is 3.10 bits per heavy atom. The zero-order chi connectivity index (χ0) is 14.1. The predicted molar refractivity (Wildman–Crippen MR) is 76.0 cm³/mol. The number of carboxylic acids is 1. The number of hydrogen-bond donors (Lipinski definition) is 1. The molecule has 0 saturated carbocycles. The number of thiazole rings is 1. The molecular weight excluding hydrogens is 299 g/mol. The Balaban J connectivity index is 1.79. The molecule has 1 N–H and O–H groups in total. The summed E-state index contributed by atoms with van der Waals surface area (Å²) < 4.78 is 15.6. The fourth-order valence-electron chi connectivity index (χ4n) is 1.74. The molecule has 0 unspecified atom stereocenters. The lowest BCUT2D eigenvalue weighted by molar-refractivity contribution is 0.0696. The van der Waals surface area contributed by atoms with E-state index in [-0.39, 0.29) is 5.56 Å². The van der Waals surface area contributed by atoms with Crippen molar-refractivity contribution in [2.45, 2.75) is 10.6 Å². The van der Waals surface area contributed by atoms with Gasteiger partial charge in [0.1, 0.15) is 5.82 Å². The molecule has 0 aliphatic carbocycles. The number of aromatic nitrogens is 2. The highest BCUT2D eigenvalue weighted by Gasteiger charge is 2.10. The molecule has 2 aromatic heterocycles. The van der Waals surface area contributed by atoms with Gasteiger partial charge in [0.2, 0.25) is 0 Å². The maximum Gasteiger partial charge on any atom is 0.335 e. The van der Waals surface area contributed by atoms with Crippen LogP contribution in [0.15, 0.2) is 40.9 Å². The van der Waals surface area contributed by atoms with E-state index in [2.05, 4.69) is 4.98 Å². The summed E-state index contributed by atoms with van der Waals surface area (Å²) in [5.41, 5.74) is 0.918. The summed E-state index contributed by atoms with van der Waals surface area (Å²) in [7, 11) is 0. The molecule has 0 atom stereocenters. The molecule has 0 amide bonds. The molecule has 3 rings (SSSR count). The van der Waals surface area contributed by atoms with E-state index in [1.165, 1.54) is 41.3 Å². The van der Waals surface area contributed by atoms with Gasteiger partial charge in [0.15, 0.2) is 4.96 Å². The van der Waals surface area contributed by atoms with Gasteiger partial charge in [-0.15, -0.1) is 23.1 Å². The second-order valence-electron chi connectivity index (χ2n) is 4.06. The Bertz CT molecular complexity index is 753. The van der Waals surface area contributed by atoms with Gasteiger partial charge in [-0.25, -0.2) is 14.2 Å². The van der Waals surface area contributed by atoms with Crippen molar-refractivity contribution in [1.29, 1.82) is 0 Å². The van der Waals surface area contributed by atoms with Crippen molar-refractivity contribution in [1.82, 2.24) is 9.38 Å². The van der Waals surface area contributed by atoms with Crippen LogP contribution in [0.3, 0.4) is 0 Å². The van der Waals surface area contributed by atoms with Crippen LogP contribution in [0.2, 0.25) is 0 Å². The van der Waals surface area contributed by atoms with Gasteiger partial charge in [0, 0.05) is 28.4 Å². The fraction of sp³-hybridized carbons (Fsp3) is 0.0769. The first-order valence-corrected chi connectivity index (χ1v) is 7.57. The van der Waals surface area contributed by atoms with Crippen LogP contribution < -0.4 is 0 Å². The van der Waals surface area contributed by atoms with Gasteiger partial charge in [-0.1, -0.05) is 0 Å². The first-order chi connectivity index (χ1) is 9.63. The van der Waals surface area contributed by atoms with Gasteiger partial charge in [0.25, 0.3) is 0 Å². The maximum absolute atomic E-state index is 13.6. The Labute approximate surface area is 121 Å². The van der Waals surface area contributed by atoms with Gasteiger partial charge in [0.05, 0.1) is 11.3 Å². The molecule has 3 aromatic rings. The number of benzene rings is 1. The summed E-state index contributed by atoms with van der Waals surface area (Å²) in [5, 5.41) is 10.8. The lowest BCUT2D eigenvalue weighted by Crippen LogP contribution is -1.97. The first kappa shape index (κ1) is 13.1. The Hall–Kier alpha value is -1.86. The van der Waals surface area contributed by atoms with E-state index in [0.29, 0.717) is 10.6 Å². The lowest BCUT2D eigenvalue weighted by Gasteiger charge is -2.03. The van der Waals surface area contributed by atoms with E-state index in [0.717, 1.165) is 10.7 Å². The van der Waals surface area contributed by atoms with E-state index >= 15 is 0 Å². The average Bonchev–Trinajstić information content (AvgIpc) is 2.98. The normalized spacial score (nSPS) is 11.1. The first-order valence-electron chi connectivity index (χ1n) is 5.70. The highest BCUT2D eigenvalue weighted by molar-refractivity contribution is 7.98. The van der Waals surface area contributed by atoms with Crippen molar-refractivity contribution >= 4 is 34.0 Å². The Morgan fingerprint density at radius 1 is 1.50 bits per heavy atom. The molecule has 0 aliphatic heterocycles. The Kier molecular flexibility index (Phi) is 3.45. The minimum atomic E-state index is -1.06. The van der Waals surface area contributed by atoms with Gasteiger partial charge >= 0.3 is 5.97 Å². The number of nitrogens with zero attached hydrogens (tertiary/aromatic N) is 2. The minimum Gasteiger partial charge on any atom is -0.478 e. The number of fused-ring (bicyclic) bond motifs is 1. The molecule has 0 bridgehead atoms. The Morgan fingerprint density at radius 2 is 2.35 bits per heavy atom. The number of aromatic carboxylic acids is 1. The van der Waals surface area contributed by atoms with Gasteiger partial charge in [-0.3, -0.25) is 4.40 Å². The second-order valence-corrected chi connectivity index (χ2v) is 5.95. The molecule has 0 radical (unpaired) electrons. The van der Waals surface area contributed by atoms with Crippen LogP contribution in [0.1, 0.15) is 16.1 Å². The summed E-state index contributed by atoms with van der Waals surface area (Å²) in [6, 6.07) is 3.78. The quantitative estimate of drug-likeness (QED) is 0.749. The fourth-order valence-corrected chi connectivity index (χ4v) is 3.32. The van der Waals surface area contributed by atoms with Crippen molar-refractivity contribution in [3.63, 3.8) is 0 Å².